The van der Waals surface area contributed by atoms with Crippen LogP contribution in [0.2, 0.25) is 0 Å². The summed E-state index contributed by atoms with van der Waals surface area (Å²) < 4.78 is 14.2. The van der Waals surface area contributed by atoms with Crippen LogP contribution in [0.3, 0.4) is 0 Å². The second-order valence-corrected chi connectivity index (χ2v) is 5.48. The Morgan fingerprint density at radius 2 is 1.71 bits per heavy atom. The summed E-state index contributed by atoms with van der Waals surface area (Å²) in [6, 6.07) is 11.7. The molecule has 0 aliphatic carbocycles. The van der Waals surface area contributed by atoms with Crippen molar-refractivity contribution in [2.45, 2.75) is 39.7 Å². The Morgan fingerprint density at radius 1 is 1.00 bits per heavy atom. The maximum Gasteiger partial charge on any atom is 0.128 e. The van der Waals surface area contributed by atoms with Crippen LogP contribution in [0.5, 0.6) is 0 Å². The molecule has 0 aromatic heterocycles. The van der Waals surface area contributed by atoms with Crippen LogP contribution in [0.15, 0.2) is 36.4 Å². The monoisotopic (exact) mass is 285 g/mol. The number of aryl methyl sites for hydroxylation is 3. The Bertz CT molecular complexity index is 619. The van der Waals surface area contributed by atoms with E-state index in [9.17, 15) is 4.39 Å². The molecule has 112 valence electrons. The number of nitrogens with one attached hydrogen (secondary N) is 1. The predicted octanol–water partition coefficient (Wildman–Crippen LogP) is 4.57. The van der Waals surface area contributed by atoms with Crippen molar-refractivity contribution < 1.29 is 4.39 Å². The molecule has 2 aromatic rings. The van der Waals surface area contributed by atoms with Crippen LogP contribution in [0, 0.1) is 12.7 Å². The maximum atomic E-state index is 14.2. The van der Waals surface area contributed by atoms with E-state index in [0.717, 1.165) is 24.0 Å². The highest BCUT2D eigenvalue weighted by Gasteiger charge is 2.17. The van der Waals surface area contributed by atoms with Gasteiger partial charge >= 0.3 is 0 Å². The van der Waals surface area contributed by atoms with Crippen LogP contribution in [-0.4, -0.2) is 7.05 Å². The average molecular weight is 285 g/mol. The summed E-state index contributed by atoms with van der Waals surface area (Å²) in [5.74, 6) is -0.155. The molecule has 1 N–H and O–H groups in total. The van der Waals surface area contributed by atoms with E-state index >= 15 is 0 Å². The van der Waals surface area contributed by atoms with Gasteiger partial charge in [-0.05, 0) is 49.6 Å². The molecule has 0 fully saturated rings. The molecule has 0 saturated carbocycles. The van der Waals surface area contributed by atoms with Gasteiger partial charge in [0.05, 0.1) is 6.04 Å². The van der Waals surface area contributed by atoms with Gasteiger partial charge in [-0.2, -0.15) is 0 Å². The molecule has 0 spiro atoms. The molecule has 2 heteroatoms. The second kappa shape index (κ2) is 6.86. The third-order valence-electron chi connectivity index (χ3n) is 4.08. The highest BCUT2D eigenvalue weighted by Crippen LogP contribution is 2.27. The van der Waals surface area contributed by atoms with Crippen LogP contribution in [0.1, 0.15) is 47.7 Å². The van der Waals surface area contributed by atoms with Crippen molar-refractivity contribution in [3.8, 4) is 0 Å². The molecule has 0 aliphatic heterocycles. The van der Waals surface area contributed by atoms with E-state index in [0.29, 0.717) is 5.56 Å². The van der Waals surface area contributed by atoms with Gasteiger partial charge in [0.2, 0.25) is 0 Å². The number of halogens is 1. The molecule has 1 unspecified atom stereocenters. The fourth-order valence-corrected chi connectivity index (χ4v) is 2.89. The summed E-state index contributed by atoms with van der Waals surface area (Å²) in [6.45, 7) is 6.33. The van der Waals surface area contributed by atoms with Gasteiger partial charge in [-0.15, -0.1) is 0 Å². The Hall–Kier alpha value is -1.67. The second-order valence-electron chi connectivity index (χ2n) is 5.48. The minimum Gasteiger partial charge on any atom is -0.309 e. The number of hydrogen-bond donors (Lipinski definition) is 1. The standard InChI is InChI=1S/C19H24FN/c1-5-14-8-9-16(12-15(14)6-2)19(21-4)17-11-13(3)7-10-18(17)20/h7-12,19,21H,5-6H2,1-4H3. The lowest BCUT2D eigenvalue weighted by molar-refractivity contribution is 0.575. The molecule has 0 radical (unpaired) electrons. The lowest BCUT2D eigenvalue weighted by atomic mass is 9.92. The molecule has 0 saturated heterocycles. The van der Waals surface area contributed by atoms with Gasteiger partial charge in [0, 0.05) is 5.56 Å². The summed E-state index contributed by atoms with van der Waals surface area (Å²) in [5, 5.41) is 3.25. The van der Waals surface area contributed by atoms with Crippen LogP contribution in [-0.2, 0) is 12.8 Å². The smallest absolute Gasteiger partial charge is 0.128 e. The van der Waals surface area contributed by atoms with Crippen molar-refractivity contribution in [1.29, 1.82) is 0 Å². The third-order valence-corrected chi connectivity index (χ3v) is 4.08. The lowest BCUT2D eigenvalue weighted by Gasteiger charge is -2.20. The third kappa shape index (κ3) is 3.33. The van der Waals surface area contributed by atoms with Gasteiger partial charge in [-0.3, -0.25) is 0 Å². The number of rotatable bonds is 5. The summed E-state index contributed by atoms with van der Waals surface area (Å²) in [7, 11) is 1.88. The van der Waals surface area contributed by atoms with Crippen molar-refractivity contribution in [1.82, 2.24) is 5.32 Å². The predicted molar refractivity (Wildman–Crippen MR) is 87.2 cm³/mol. The Labute approximate surface area is 127 Å². The zero-order chi connectivity index (χ0) is 15.4. The van der Waals surface area contributed by atoms with Gasteiger partial charge < -0.3 is 5.32 Å². The Kier molecular flexibility index (Phi) is 5.13. The molecule has 1 nitrogen and oxygen atoms in total. The summed E-state index contributed by atoms with van der Waals surface area (Å²) >= 11 is 0. The summed E-state index contributed by atoms with van der Waals surface area (Å²) in [5.41, 5.74) is 5.64. The van der Waals surface area contributed by atoms with Crippen molar-refractivity contribution in [2.24, 2.45) is 0 Å². The normalized spacial score (nSPS) is 12.4. The minimum absolute atomic E-state index is 0.110. The van der Waals surface area contributed by atoms with Crippen LogP contribution in [0.4, 0.5) is 4.39 Å². The van der Waals surface area contributed by atoms with Gasteiger partial charge in [0.15, 0.2) is 0 Å². The fraction of sp³-hybridized carbons (Fsp3) is 0.368. The molecule has 0 heterocycles. The summed E-state index contributed by atoms with van der Waals surface area (Å²) in [6.07, 6.45) is 2.04. The molecule has 21 heavy (non-hydrogen) atoms. The quantitative estimate of drug-likeness (QED) is 0.848. The van der Waals surface area contributed by atoms with E-state index in [4.69, 9.17) is 0 Å². The molecular weight excluding hydrogens is 261 g/mol. The first kappa shape index (κ1) is 15.7. The van der Waals surface area contributed by atoms with Crippen molar-refractivity contribution in [3.05, 3.63) is 70.0 Å². The Balaban J connectivity index is 2.48. The molecule has 1 atom stereocenters. The van der Waals surface area contributed by atoms with E-state index in [1.807, 2.05) is 26.1 Å². The first-order chi connectivity index (χ1) is 10.1. The maximum absolute atomic E-state index is 14.2. The number of hydrogen-bond acceptors (Lipinski definition) is 1. The first-order valence-corrected chi connectivity index (χ1v) is 7.65. The number of benzene rings is 2. The van der Waals surface area contributed by atoms with E-state index in [2.05, 4.69) is 37.4 Å². The highest BCUT2D eigenvalue weighted by molar-refractivity contribution is 5.39. The van der Waals surface area contributed by atoms with Gasteiger partial charge in [0.1, 0.15) is 5.82 Å². The topological polar surface area (TPSA) is 12.0 Å². The first-order valence-electron chi connectivity index (χ1n) is 7.65. The van der Waals surface area contributed by atoms with Crippen LogP contribution < -0.4 is 5.32 Å². The SMILES string of the molecule is CCc1ccc(C(NC)c2cc(C)ccc2F)cc1CC. The van der Waals surface area contributed by atoms with Crippen molar-refractivity contribution in [3.63, 3.8) is 0 Å². The van der Waals surface area contributed by atoms with Crippen LogP contribution >= 0.6 is 0 Å². The zero-order valence-electron chi connectivity index (χ0n) is 13.3. The van der Waals surface area contributed by atoms with E-state index in [1.165, 1.54) is 11.1 Å². The lowest BCUT2D eigenvalue weighted by Crippen LogP contribution is -2.19. The molecule has 0 amide bonds. The van der Waals surface area contributed by atoms with Gasteiger partial charge in [-0.1, -0.05) is 49.7 Å². The minimum atomic E-state index is -0.155. The van der Waals surface area contributed by atoms with Crippen molar-refractivity contribution >= 4 is 0 Å². The van der Waals surface area contributed by atoms with E-state index in [-0.39, 0.29) is 11.9 Å². The average Bonchev–Trinajstić information content (AvgIpc) is 2.51. The molecule has 0 aliphatic rings. The molecular formula is C19H24FN. The zero-order valence-corrected chi connectivity index (χ0v) is 13.3. The molecule has 2 rings (SSSR count). The van der Waals surface area contributed by atoms with Crippen LogP contribution in [0.25, 0.3) is 0 Å². The molecule has 0 bridgehead atoms. The van der Waals surface area contributed by atoms with Gasteiger partial charge in [-0.25, -0.2) is 4.39 Å². The highest BCUT2D eigenvalue weighted by atomic mass is 19.1. The Morgan fingerprint density at radius 3 is 2.33 bits per heavy atom. The van der Waals surface area contributed by atoms with Crippen molar-refractivity contribution in [2.75, 3.05) is 7.05 Å². The molecule has 2 aromatic carbocycles. The van der Waals surface area contributed by atoms with Gasteiger partial charge in [0.25, 0.3) is 0 Å². The largest absolute Gasteiger partial charge is 0.309 e. The van der Waals surface area contributed by atoms with E-state index in [1.54, 1.807) is 6.07 Å². The summed E-state index contributed by atoms with van der Waals surface area (Å²) in [4.78, 5) is 0. The fourth-order valence-electron chi connectivity index (χ4n) is 2.89. The van der Waals surface area contributed by atoms with E-state index < -0.39 is 0 Å².